The maximum absolute atomic E-state index is 14.2. The van der Waals surface area contributed by atoms with Crippen LogP contribution in [0.15, 0.2) is 23.8 Å². The smallest absolute Gasteiger partial charge is 0.420 e. The van der Waals surface area contributed by atoms with E-state index in [1.165, 1.54) is 16.1 Å². The highest BCUT2D eigenvalue weighted by Gasteiger charge is 2.46. The third-order valence-electron chi connectivity index (χ3n) is 5.34. The lowest BCUT2D eigenvalue weighted by Crippen LogP contribution is -2.59. The fourth-order valence-corrected chi connectivity index (χ4v) is 4.43. The Morgan fingerprint density at radius 1 is 1.41 bits per heavy atom. The molecule has 3 aromatic heterocycles. The Kier molecular flexibility index (Phi) is 5.57. The normalized spacial score (nSPS) is 21.0. The van der Waals surface area contributed by atoms with E-state index in [0.29, 0.717) is 6.42 Å². The molecule has 0 spiro atoms. The van der Waals surface area contributed by atoms with Gasteiger partial charge in [0.1, 0.15) is 17.4 Å². The molecule has 7 nitrogen and oxygen atoms in total. The number of hydrogen-bond donors (Lipinski definition) is 2. The Balaban J connectivity index is 1.64. The number of rotatable bonds is 4. The average Bonchev–Trinajstić information content (AvgIpc) is 3.35. The Labute approximate surface area is 182 Å². The Bertz CT molecular complexity index is 1160. The molecular formula is C19H18F5N5O2S. The van der Waals surface area contributed by atoms with E-state index in [-0.39, 0.29) is 34.6 Å². The second kappa shape index (κ2) is 7.96. The van der Waals surface area contributed by atoms with Gasteiger partial charge in [0.25, 0.3) is 11.8 Å². The molecule has 2 atom stereocenters. The van der Waals surface area contributed by atoms with Crippen LogP contribution in [0, 0.1) is 0 Å². The van der Waals surface area contributed by atoms with Crippen LogP contribution in [0.4, 0.5) is 22.0 Å². The van der Waals surface area contributed by atoms with Gasteiger partial charge in [0.2, 0.25) is 0 Å². The highest BCUT2D eigenvalue weighted by molar-refractivity contribution is 7.12. The molecule has 0 aliphatic heterocycles. The lowest BCUT2D eigenvalue weighted by molar-refractivity contribution is -0.138. The minimum Gasteiger partial charge on any atom is -0.494 e. The standard InChI is InChI=1S/C19H18F5N5O2S/c1-31-14-7-29-13(5-10(14)19(22,23)24)9(6-26-29)12-8-32-17(27-12)16(30)28-15-11(25)3-2-4-18(15,20)21/h5-8,11,15H,2-4,25H2,1H3,(H,28,30)/t11-,15+/m0/s1. The molecule has 3 heterocycles. The number of nitrogens with one attached hydrogen (secondary N) is 1. The molecule has 3 aromatic rings. The van der Waals surface area contributed by atoms with E-state index in [0.717, 1.165) is 30.7 Å². The second-order valence-electron chi connectivity index (χ2n) is 7.45. The van der Waals surface area contributed by atoms with Crippen LogP contribution in [0.2, 0.25) is 0 Å². The molecule has 0 aromatic carbocycles. The molecule has 0 radical (unpaired) electrons. The molecular weight excluding hydrogens is 457 g/mol. The Hall–Kier alpha value is -2.80. The number of carbonyl (C=O) groups excluding carboxylic acids is 1. The van der Waals surface area contributed by atoms with Crippen LogP contribution in [0.5, 0.6) is 5.75 Å². The van der Waals surface area contributed by atoms with Gasteiger partial charge < -0.3 is 15.8 Å². The average molecular weight is 475 g/mol. The van der Waals surface area contributed by atoms with E-state index in [2.05, 4.69) is 15.4 Å². The number of pyridine rings is 1. The van der Waals surface area contributed by atoms with Gasteiger partial charge in [-0.15, -0.1) is 11.3 Å². The van der Waals surface area contributed by atoms with Crippen molar-refractivity contribution in [3.8, 4) is 17.0 Å². The summed E-state index contributed by atoms with van der Waals surface area (Å²) in [6.45, 7) is 0. The highest BCUT2D eigenvalue weighted by Crippen LogP contribution is 2.39. The van der Waals surface area contributed by atoms with Crippen LogP contribution >= 0.6 is 11.3 Å². The molecule has 1 aliphatic rings. The first-order chi connectivity index (χ1) is 15.0. The Morgan fingerprint density at radius 3 is 2.81 bits per heavy atom. The van der Waals surface area contributed by atoms with Crippen LogP contribution in [0.3, 0.4) is 0 Å². The van der Waals surface area contributed by atoms with E-state index in [4.69, 9.17) is 10.5 Å². The first kappa shape index (κ1) is 22.4. The predicted octanol–water partition coefficient (Wildman–Crippen LogP) is 3.73. The largest absolute Gasteiger partial charge is 0.494 e. The van der Waals surface area contributed by atoms with Crippen molar-refractivity contribution in [3.05, 3.63) is 34.4 Å². The molecule has 1 aliphatic carbocycles. The SMILES string of the molecule is COc1cn2ncc(-c3csc(C(=O)N[C@@H]4[C@@H](N)CCCC4(F)F)n3)c2cc1C(F)(F)F. The molecule has 4 rings (SSSR count). The summed E-state index contributed by atoms with van der Waals surface area (Å²) in [5, 5.41) is 7.62. The molecule has 172 valence electrons. The predicted molar refractivity (Wildman–Crippen MR) is 106 cm³/mol. The molecule has 3 N–H and O–H groups in total. The number of halogens is 5. The van der Waals surface area contributed by atoms with E-state index in [9.17, 15) is 26.7 Å². The van der Waals surface area contributed by atoms with Gasteiger partial charge in [0.15, 0.2) is 5.01 Å². The number of thiazole rings is 1. The van der Waals surface area contributed by atoms with Crippen molar-refractivity contribution in [2.24, 2.45) is 5.73 Å². The van der Waals surface area contributed by atoms with Crippen molar-refractivity contribution in [3.63, 3.8) is 0 Å². The minimum absolute atomic E-state index is 0.0937. The second-order valence-corrected chi connectivity index (χ2v) is 8.31. The summed E-state index contributed by atoms with van der Waals surface area (Å²) in [6.07, 6.45) is -2.02. The van der Waals surface area contributed by atoms with Gasteiger partial charge in [0.05, 0.1) is 30.7 Å². The fraction of sp³-hybridized carbons (Fsp3) is 0.421. The third-order valence-corrected chi connectivity index (χ3v) is 6.18. The first-order valence-electron chi connectivity index (χ1n) is 9.54. The van der Waals surface area contributed by atoms with Crippen LogP contribution < -0.4 is 15.8 Å². The van der Waals surface area contributed by atoms with Gasteiger partial charge in [-0.1, -0.05) is 0 Å². The molecule has 0 bridgehead atoms. The number of amides is 1. The number of fused-ring (bicyclic) bond motifs is 1. The van der Waals surface area contributed by atoms with Gasteiger partial charge in [-0.3, -0.25) is 4.79 Å². The lowest BCUT2D eigenvalue weighted by Gasteiger charge is -2.36. The number of methoxy groups -OCH3 is 1. The molecule has 1 amide bonds. The van der Waals surface area contributed by atoms with Crippen LogP contribution in [0.25, 0.3) is 16.8 Å². The van der Waals surface area contributed by atoms with E-state index >= 15 is 0 Å². The third kappa shape index (κ3) is 4.01. The summed E-state index contributed by atoms with van der Waals surface area (Å²) in [7, 11) is 1.12. The lowest BCUT2D eigenvalue weighted by atomic mass is 9.87. The molecule has 1 fully saturated rings. The van der Waals surface area contributed by atoms with Crippen molar-refractivity contribution in [2.45, 2.75) is 43.4 Å². The van der Waals surface area contributed by atoms with Gasteiger partial charge in [-0.2, -0.15) is 18.3 Å². The Morgan fingerprint density at radius 2 is 2.16 bits per heavy atom. The van der Waals surface area contributed by atoms with Gasteiger partial charge >= 0.3 is 6.18 Å². The van der Waals surface area contributed by atoms with Crippen molar-refractivity contribution < 1.29 is 31.5 Å². The van der Waals surface area contributed by atoms with Crippen molar-refractivity contribution >= 4 is 22.8 Å². The number of nitrogens with two attached hydrogens (primary N) is 1. The quantitative estimate of drug-likeness (QED) is 0.561. The summed E-state index contributed by atoms with van der Waals surface area (Å²) < 4.78 is 74.5. The van der Waals surface area contributed by atoms with Crippen molar-refractivity contribution in [2.75, 3.05) is 7.11 Å². The summed E-state index contributed by atoms with van der Waals surface area (Å²) in [6, 6.07) is -1.53. The molecule has 13 heteroatoms. The number of aromatic nitrogens is 3. The zero-order valence-corrected chi connectivity index (χ0v) is 17.4. The summed E-state index contributed by atoms with van der Waals surface area (Å²) in [4.78, 5) is 16.7. The van der Waals surface area contributed by atoms with Gasteiger partial charge in [0, 0.05) is 23.4 Å². The first-order valence-corrected chi connectivity index (χ1v) is 10.4. The van der Waals surface area contributed by atoms with E-state index in [1.807, 2.05) is 0 Å². The monoisotopic (exact) mass is 475 g/mol. The van der Waals surface area contributed by atoms with Crippen LogP contribution in [-0.2, 0) is 6.18 Å². The highest BCUT2D eigenvalue weighted by atomic mass is 32.1. The molecule has 1 saturated carbocycles. The van der Waals surface area contributed by atoms with Gasteiger partial charge in [-0.05, 0) is 18.9 Å². The number of ether oxygens (including phenoxy) is 1. The fourth-order valence-electron chi connectivity index (χ4n) is 3.71. The number of nitrogens with zero attached hydrogens (tertiary/aromatic N) is 3. The van der Waals surface area contributed by atoms with E-state index < -0.39 is 41.4 Å². The minimum atomic E-state index is -4.66. The maximum Gasteiger partial charge on any atom is 0.420 e. The summed E-state index contributed by atoms with van der Waals surface area (Å²) >= 11 is 0.879. The van der Waals surface area contributed by atoms with Gasteiger partial charge in [-0.25, -0.2) is 18.3 Å². The summed E-state index contributed by atoms with van der Waals surface area (Å²) in [5.74, 6) is -4.36. The zero-order chi connectivity index (χ0) is 23.3. The van der Waals surface area contributed by atoms with Crippen molar-refractivity contribution in [1.82, 2.24) is 19.9 Å². The van der Waals surface area contributed by atoms with E-state index in [1.54, 1.807) is 0 Å². The molecule has 32 heavy (non-hydrogen) atoms. The summed E-state index contributed by atoms with van der Waals surface area (Å²) in [5.41, 5.74) is 5.31. The topological polar surface area (TPSA) is 94.5 Å². The van der Waals surface area contributed by atoms with Crippen LogP contribution in [-0.4, -0.2) is 45.6 Å². The number of hydrogen-bond acceptors (Lipinski definition) is 6. The zero-order valence-electron chi connectivity index (χ0n) is 16.6. The van der Waals surface area contributed by atoms with Crippen LogP contribution in [0.1, 0.15) is 34.6 Å². The molecule has 0 unspecified atom stereocenters. The maximum atomic E-state index is 14.2. The van der Waals surface area contributed by atoms with Crippen molar-refractivity contribution in [1.29, 1.82) is 0 Å². The molecule has 0 saturated heterocycles. The number of alkyl halides is 5. The number of carbonyl (C=O) groups is 1.